The smallest absolute Gasteiger partial charge is 0.227 e. The molecule has 3 atom stereocenters. The van der Waals surface area contributed by atoms with Crippen molar-refractivity contribution in [2.45, 2.75) is 39.5 Å². The quantitative estimate of drug-likeness (QED) is 0.645. The zero-order chi connectivity index (χ0) is 20.1. The van der Waals surface area contributed by atoms with Gasteiger partial charge in [-0.1, -0.05) is 26.0 Å². The van der Waals surface area contributed by atoms with Crippen LogP contribution in [0.25, 0.3) is 0 Å². The first-order valence-corrected chi connectivity index (χ1v) is 11.3. The third kappa shape index (κ3) is 5.57. The Hall–Kier alpha value is -1.40. The molecule has 2 aliphatic heterocycles. The molecule has 5 nitrogen and oxygen atoms in total. The van der Waals surface area contributed by atoms with Gasteiger partial charge in [-0.05, 0) is 65.7 Å². The minimum absolute atomic E-state index is 0.00289. The molecular weight excluding hydrogens is 418 g/mol. The van der Waals surface area contributed by atoms with Gasteiger partial charge < -0.3 is 15.1 Å². The number of carbonyl (C=O) groups is 2. The van der Waals surface area contributed by atoms with Crippen molar-refractivity contribution >= 4 is 33.4 Å². The average Bonchev–Trinajstić information content (AvgIpc) is 3.02. The van der Waals surface area contributed by atoms with Gasteiger partial charge in [0, 0.05) is 37.1 Å². The van der Waals surface area contributed by atoms with Crippen LogP contribution >= 0.6 is 15.9 Å². The Morgan fingerprint density at radius 1 is 1.14 bits per heavy atom. The number of carbonyl (C=O) groups excluding carboxylic acids is 2. The van der Waals surface area contributed by atoms with Gasteiger partial charge in [0.2, 0.25) is 11.8 Å². The molecule has 0 saturated carbocycles. The van der Waals surface area contributed by atoms with Crippen molar-refractivity contribution in [1.29, 1.82) is 0 Å². The summed E-state index contributed by atoms with van der Waals surface area (Å²) in [6.45, 7) is 9.33. The molecule has 0 aromatic heterocycles. The lowest BCUT2D eigenvalue weighted by Gasteiger charge is -2.34. The Kier molecular flexibility index (Phi) is 7.52. The molecule has 154 valence electrons. The molecule has 2 heterocycles. The van der Waals surface area contributed by atoms with E-state index in [0.717, 1.165) is 41.4 Å². The Balaban J connectivity index is 1.37. The van der Waals surface area contributed by atoms with E-state index in [2.05, 4.69) is 40.0 Å². The maximum Gasteiger partial charge on any atom is 0.227 e. The van der Waals surface area contributed by atoms with E-state index in [0.29, 0.717) is 13.1 Å². The molecule has 6 heteroatoms. The largest absolute Gasteiger partial charge is 0.356 e. The number of piperidine rings is 1. The summed E-state index contributed by atoms with van der Waals surface area (Å²) in [5.41, 5.74) is 0.841. The monoisotopic (exact) mass is 449 g/mol. The molecule has 3 unspecified atom stereocenters. The minimum Gasteiger partial charge on any atom is -0.356 e. The van der Waals surface area contributed by atoms with Gasteiger partial charge in [0.25, 0.3) is 0 Å². The molecule has 0 bridgehead atoms. The Morgan fingerprint density at radius 2 is 1.86 bits per heavy atom. The fourth-order valence-corrected chi connectivity index (χ4v) is 5.08. The third-order valence-electron chi connectivity index (χ3n) is 5.78. The van der Waals surface area contributed by atoms with Crippen molar-refractivity contribution in [3.63, 3.8) is 0 Å². The van der Waals surface area contributed by atoms with E-state index in [1.807, 2.05) is 24.3 Å². The first-order valence-electron chi connectivity index (χ1n) is 10.5. The molecule has 0 radical (unpaired) electrons. The number of nitrogens with zero attached hydrogens (tertiary/aromatic N) is 2. The highest BCUT2D eigenvalue weighted by molar-refractivity contribution is 9.10. The van der Waals surface area contributed by atoms with Gasteiger partial charge in [0.1, 0.15) is 0 Å². The number of anilines is 1. The average molecular weight is 450 g/mol. The van der Waals surface area contributed by atoms with Crippen LogP contribution in [0.2, 0.25) is 0 Å². The fourth-order valence-electron chi connectivity index (χ4n) is 4.58. The van der Waals surface area contributed by atoms with Gasteiger partial charge in [-0.15, -0.1) is 0 Å². The topological polar surface area (TPSA) is 52.7 Å². The predicted molar refractivity (Wildman–Crippen MR) is 116 cm³/mol. The zero-order valence-corrected chi connectivity index (χ0v) is 18.6. The van der Waals surface area contributed by atoms with Gasteiger partial charge in [-0.2, -0.15) is 0 Å². The molecule has 3 rings (SSSR count). The lowest BCUT2D eigenvalue weighted by atomic mass is 9.92. The van der Waals surface area contributed by atoms with Gasteiger partial charge in [-0.3, -0.25) is 9.59 Å². The predicted octanol–water partition coefficient (Wildman–Crippen LogP) is 3.68. The van der Waals surface area contributed by atoms with Crippen LogP contribution in [0.3, 0.4) is 0 Å². The van der Waals surface area contributed by atoms with Crippen molar-refractivity contribution in [2.75, 3.05) is 37.6 Å². The second-order valence-corrected chi connectivity index (χ2v) is 9.41. The van der Waals surface area contributed by atoms with E-state index in [1.54, 1.807) is 4.90 Å². The number of nitrogens with one attached hydrogen (secondary N) is 1. The van der Waals surface area contributed by atoms with Crippen molar-refractivity contribution in [2.24, 2.45) is 17.8 Å². The van der Waals surface area contributed by atoms with E-state index in [1.165, 1.54) is 19.5 Å². The number of amides is 2. The van der Waals surface area contributed by atoms with Crippen LogP contribution in [0.5, 0.6) is 0 Å². The van der Waals surface area contributed by atoms with Gasteiger partial charge >= 0.3 is 0 Å². The molecular formula is C22H32BrN3O2. The number of hydrogen-bond donors (Lipinski definition) is 1. The van der Waals surface area contributed by atoms with Crippen LogP contribution in [-0.4, -0.2) is 49.4 Å². The van der Waals surface area contributed by atoms with Crippen LogP contribution in [0.4, 0.5) is 5.69 Å². The first-order chi connectivity index (χ1) is 13.4. The SMILES string of the molecule is CC1CC(C)CN(CCCCNC(=O)C2CC(=O)N(c3ccccc3Br)C2)C1. The highest BCUT2D eigenvalue weighted by Crippen LogP contribution is 2.31. The number of rotatable bonds is 7. The Morgan fingerprint density at radius 3 is 2.57 bits per heavy atom. The summed E-state index contributed by atoms with van der Waals surface area (Å²) < 4.78 is 0.880. The summed E-state index contributed by atoms with van der Waals surface area (Å²) in [6, 6.07) is 7.65. The second-order valence-electron chi connectivity index (χ2n) is 8.56. The molecule has 28 heavy (non-hydrogen) atoms. The normalized spacial score (nSPS) is 25.9. The molecule has 1 aromatic carbocycles. The summed E-state index contributed by atoms with van der Waals surface area (Å²) in [4.78, 5) is 29.1. The molecule has 2 aliphatic rings. The number of hydrogen-bond acceptors (Lipinski definition) is 3. The highest BCUT2D eigenvalue weighted by Gasteiger charge is 2.35. The van der Waals surface area contributed by atoms with E-state index in [-0.39, 0.29) is 24.2 Å². The Labute approximate surface area is 177 Å². The maximum atomic E-state index is 12.5. The van der Waals surface area contributed by atoms with Gasteiger partial charge in [-0.25, -0.2) is 0 Å². The van der Waals surface area contributed by atoms with E-state index >= 15 is 0 Å². The number of para-hydroxylation sites is 1. The van der Waals surface area contributed by atoms with Gasteiger partial charge in [0.05, 0.1) is 11.6 Å². The Bertz CT molecular complexity index is 686. The van der Waals surface area contributed by atoms with Crippen LogP contribution in [0, 0.1) is 17.8 Å². The molecule has 2 fully saturated rings. The summed E-state index contributed by atoms with van der Waals surface area (Å²) >= 11 is 3.49. The molecule has 2 saturated heterocycles. The van der Waals surface area contributed by atoms with Crippen molar-refractivity contribution in [3.05, 3.63) is 28.7 Å². The standard InChI is InChI=1S/C22H32BrN3O2/c1-16-11-17(2)14-25(13-16)10-6-5-9-24-22(28)18-12-21(27)26(15-18)20-8-4-3-7-19(20)23/h3-4,7-8,16-18H,5-6,9-15H2,1-2H3,(H,24,28). The van der Waals surface area contributed by atoms with E-state index in [4.69, 9.17) is 0 Å². The van der Waals surface area contributed by atoms with Crippen molar-refractivity contribution in [3.8, 4) is 0 Å². The van der Waals surface area contributed by atoms with Crippen LogP contribution in [0.1, 0.15) is 39.5 Å². The van der Waals surface area contributed by atoms with Crippen LogP contribution < -0.4 is 10.2 Å². The highest BCUT2D eigenvalue weighted by atomic mass is 79.9. The number of benzene rings is 1. The molecule has 0 aliphatic carbocycles. The molecule has 0 spiro atoms. The molecule has 2 amide bonds. The van der Waals surface area contributed by atoms with E-state index in [9.17, 15) is 9.59 Å². The van der Waals surface area contributed by atoms with Crippen molar-refractivity contribution in [1.82, 2.24) is 10.2 Å². The van der Waals surface area contributed by atoms with E-state index < -0.39 is 0 Å². The lowest BCUT2D eigenvalue weighted by molar-refractivity contribution is -0.126. The maximum absolute atomic E-state index is 12.5. The minimum atomic E-state index is -0.261. The number of halogens is 1. The second kappa shape index (κ2) is 9.88. The first kappa shape index (κ1) is 21.3. The summed E-state index contributed by atoms with van der Waals surface area (Å²) in [7, 11) is 0. The molecule has 1 N–H and O–H groups in total. The number of unbranched alkanes of at least 4 members (excludes halogenated alkanes) is 1. The summed E-state index contributed by atoms with van der Waals surface area (Å²) in [6.07, 6.45) is 3.71. The fraction of sp³-hybridized carbons (Fsp3) is 0.636. The van der Waals surface area contributed by atoms with Gasteiger partial charge in [0.15, 0.2) is 0 Å². The lowest BCUT2D eigenvalue weighted by Crippen LogP contribution is -2.39. The number of likely N-dealkylation sites (tertiary alicyclic amines) is 1. The third-order valence-corrected chi connectivity index (χ3v) is 6.45. The molecule has 1 aromatic rings. The summed E-state index contributed by atoms with van der Waals surface area (Å²) in [5, 5.41) is 3.04. The zero-order valence-electron chi connectivity index (χ0n) is 17.0. The van der Waals surface area contributed by atoms with Crippen LogP contribution in [0.15, 0.2) is 28.7 Å². The van der Waals surface area contributed by atoms with Crippen molar-refractivity contribution < 1.29 is 9.59 Å². The summed E-state index contributed by atoms with van der Waals surface area (Å²) in [5.74, 6) is 1.33. The van der Waals surface area contributed by atoms with Crippen LogP contribution in [-0.2, 0) is 9.59 Å².